The van der Waals surface area contributed by atoms with E-state index in [1.165, 1.54) is 71.1 Å². The molecule has 1 unspecified atom stereocenters. The van der Waals surface area contributed by atoms with Crippen molar-refractivity contribution in [2.45, 2.75) is 44.9 Å². The average Bonchev–Trinajstić information content (AvgIpc) is 3.01. The van der Waals surface area contributed by atoms with Crippen LogP contribution in [0.2, 0.25) is 0 Å². The van der Waals surface area contributed by atoms with Crippen molar-refractivity contribution < 1.29 is 0 Å². The smallest absolute Gasteiger partial charge is 0.00136 e. The van der Waals surface area contributed by atoms with Crippen molar-refractivity contribution in [3.8, 4) is 0 Å². The summed E-state index contributed by atoms with van der Waals surface area (Å²) < 4.78 is 0. The van der Waals surface area contributed by atoms with Crippen LogP contribution in [0.5, 0.6) is 0 Å². The van der Waals surface area contributed by atoms with Gasteiger partial charge >= 0.3 is 0 Å². The van der Waals surface area contributed by atoms with Crippen LogP contribution in [0.3, 0.4) is 0 Å². The first-order chi connectivity index (χ1) is 8.31. The SMILES string of the molecule is CN1CCC(C2(C3CCCC3)CCNC2)CC1. The van der Waals surface area contributed by atoms with E-state index in [4.69, 9.17) is 0 Å². The normalized spacial score (nSPS) is 37.9. The Morgan fingerprint density at radius 1 is 1.00 bits per heavy atom. The fraction of sp³-hybridized carbons (Fsp3) is 1.00. The van der Waals surface area contributed by atoms with Gasteiger partial charge in [-0.2, -0.15) is 0 Å². The molecule has 3 aliphatic rings. The molecule has 0 aromatic rings. The molecule has 1 saturated carbocycles. The largest absolute Gasteiger partial charge is 0.316 e. The van der Waals surface area contributed by atoms with Gasteiger partial charge < -0.3 is 10.2 Å². The van der Waals surface area contributed by atoms with Crippen molar-refractivity contribution in [1.29, 1.82) is 0 Å². The van der Waals surface area contributed by atoms with Crippen LogP contribution in [0.4, 0.5) is 0 Å². The molecule has 2 heterocycles. The number of nitrogens with one attached hydrogen (secondary N) is 1. The maximum Gasteiger partial charge on any atom is 0.00136 e. The van der Waals surface area contributed by atoms with Gasteiger partial charge in [-0.15, -0.1) is 0 Å². The molecule has 98 valence electrons. The van der Waals surface area contributed by atoms with Crippen LogP contribution in [0.25, 0.3) is 0 Å². The Balaban J connectivity index is 1.74. The van der Waals surface area contributed by atoms with Gasteiger partial charge in [0, 0.05) is 6.54 Å². The van der Waals surface area contributed by atoms with E-state index in [0.717, 1.165) is 11.8 Å². The topological polar surface area (TPSA) is 15.3 Å². The van der Waals surface area contributed by atoms with Crippen LogP contribution in [0.15, 0.2) is 0 Å². The van der Waals surface area contributed by atoms with Crippen LogP contribution >= 0.6 is 0 Å². The second-order valence-corrected chi connectivity index (χ2v) is 6.72. The monoisotopic (exact) mass is 236 g/mol. The Bertz CT molecular complexity index is 244. The van der Waals surface area contributed by atoms with Crippen LogP contribution in [0, 0.1) is 17.3 Å². The van der Waals surface area contributed by atoms with Crippen molar-refractivity contribution in [3.63, 3.8) is 0 Å². The van der Waals surface area contributed by atoms with E-state index in [0.29, 0.717) is 5.41 Å². The Kier molecular flexibility index (Phi) is 3.45. The summed E-state index contributed by atoms with van der Waals surface area (Å²) in [6.45, 7) is 5.27. The molecular weight excluding hydrogens is 208 g/mol. The average molecular weight is 236 g/mol. The van der Waals surface area contributed by atoms with Crippen LogP contribution in [-0.2, 0) is 0 Å². The summed E-state index contributed by atoms with van der Waals surface area (Å²) in [6, 6.07) is 0. The molecule has 0 spiro atoms. The first-order valence-electron chi connectivity index (χ1n) is 7.70. The van der Waals surface area contributed by atoms with E-state index in [1.54, 1.807) is 0 Å². The van der Waals surface area contributed by atoms with E-state index in [9.17, 15) is 0 Å². The first kappa shape index (κ1) is 12.0. The number of piperidine rings is 1. The fourth-order valence-electron chi connectivity index (χ4n) is 4.85. The number of nitrogens with zero attached hydrogens (tertiary/aromatic N) is 1. The first-order valence-corrected chi connectivity index (χ1v) is 7.70. The summed E-state index contributed by atoms with van der Waals surface area (Å²) in [5, 5.41) is 3.68. The number of likely N-dealkylation sites (tertiary alicyclic amines) is 1. The molecule has 0 aromatic heterocycles. The van der Waals surface area contributed by atoms with Gasteiger partial charge in [0.05, 0.1) is 0 Å². The van der Waals surface area contributed by atoms with E-state index in [2.05, 4.69) is 17.3 Å². The van der Waals surface area contributed by atoms with Crippen LogP contribution in [-0.4, -0.2) is 38.1 Å². The molecule has 0 radical (unpaired) electrons. The van der Waals surface area contributed by atoms with E-state index in [-0.39, 0.29) is 0 Å². The Labute approximate surface area is 106 Å². The highest BCUT2D eigenvalue weighted by Crippen LogP contribution is 2.51. The molecular formula is C15H28N2. The Morgan fingerprint density at radius 2 is 1.65 bits per heavy atom. The summed E-state index contributed by atoms with van der Waals surface area (Å²) in [5.74, 6) is 2.06. The number of hydrogen-bond donors (Lipinski definition) is 1. The molecule has 2 saturated heterocycles. The summed E-state index contributed by atoms with van der Waals surface area (Å²) in [7, 11) is 2.28. The lowest BCUT2D eigenvalue weighted by Gasteiger charge is -2.45. The van der Waals surface area contributed by atoms with Crippen molar-refractivity contribution in [1.82, 2.24) is 10.2 Å². The molecule has 3 rings (SSSR count). The molecule has 1 atom stereocenters. The van der Waals surface area contributed by atoms with Gasteiger partial charge in [0.15, 0.2) is 0 Å². The highest BCUT2D eigenvalue weighted by molar-refractivity contribution is 5.00. The van der Waals surface area contributed by atoms with Gasteiger partial charge in [0.25, 0.3) is 0 Å². The minimum Gasteiger partial charge on any atom is -0.316 e. The lowest BCUT2D eigenvalue weighted by atomic mass is 9.62. The Hall–Kier alpha value is -0.0800. The predicted octanol–water partition coefficient (Wildman–Crippen LogP) is 2.50. The summed E-state index contributed by atoms with van der Waals surface area (Å²) in [4.78, 5) is 2.52. The lowest BCUT2D eigenvalue weighted by molar-refractivity contribution is 0.0465. The highest BCUT2D eigenvalue weighted by Gasteiger charge is 2.47. The zero-order valence-electron chi connectivity index (χ0n) is 11.4. The maximum atomic E-state index is 3.68. The molecule has 0 aromatic carbocycles. The minimum atomic E-state index is 0.692. The molecule has 0 bridgehead atoms. The van der Waals surface area contributed by atoms with E-state index < -0.39 is 0 Å². The summed E-state index contributed by atoms with van der Waals surface area (Å²) in [5.41, 5.74) is 0.692. The van der Waals surface area contributed by atoms with Gasteiger partial charge in [-0.05, 0) is 76.0 Å². The fourth-order valence-corrected chi connectivity index (χ4v) is 4.85. The van der Waals surface area contributed by atoms with Gasteiger partial charge in [-0.25, -0.2) is 0 Å². The summed E-state index contributed by atoms with van der Waals surface area (Å²) >= 11 is 0. The third-order valence-corrected chi connectivity index (χ3v) is 5.92. The molecule has 0 amide bonds. The second-order valence-electron chi connectivity index (χ2n) is 6.72. The maximum absolute atomic E-state index is 3.68. The third kappa shape index (κ3) is 2.15. The zero-order chi connectivity index (χ0) is 11.7. The third-order valence-electron chi connectivity index (χ3n) is 5.92. The molecule has 2 aliphatic heterocycles. The van der Waals surface area contributed by atoms with Crippen LogP contribution in [0.1, 0.15) is 44.9 Å². The van der Waals surface area contributed by atoms with E-state index >= 15 is 0 Å². The molecule has 1 aliphatic carbocycles. The second kappa shape index (κ2) is 4.89. The molecule has 2 nitrogen and oxygen atoms in total. The zero-order valence-corrected chi connectivity index (χ0v) is 11.4. The molecule has 17 heavy (non-hydrogen) atoms. The standard InChI is InChI=1S/C15H28N2/c1-17-10-6-14(7-11-17)15(8-9-16-12-15)13-4-2-3-5-13/h13-14,16H,2-12H2,1H3. The van der Waals surface area contributed by atoms with Gasteiger partial charge in [0.1, 0.15) is 0 Å². The Morgan fingerprint density at radius 3 is 2.24 bits per heavy atom. The van der Waals surface area contributed by atoms with Gasteiger partial charge in [0.2, 0.25) is 0 Å². The van der Waals surface area contributed by atoms with Crippen molar-refractivity contribution in [2.24, 2.45) is 17.3 Å². The minimum absolute atomic E-state index is 0.692. The number of rotatable bonds is 2. The molecule has 1 N–H and O–H groups in total. The predicted molar refractivity (Wildman–Crippen MR) is 72.1 cm³/mol. The quantitative estimate of drug-likeness (QED) is 0.792. The van der Waals surface area contributed by atoms with Gasteiger partial charge in [-0.3, -0.25) is 0 Å². The lowest BCUT2D eigenvalue weighted by Crippen LogP contribution is -2.44. The summed E-state index contributed by atoms with van der Waals surface area (Å²) in [6.07, 6.45) is 10.4. The van der Waals surface area contributed by atoms with Crippen LogP contribution < -0.4 is 5.32 Å². The number of hydrogen-bond acceptors (Lipinski definition) is 2. The van der Waals surface area contributed by atoms with E-state index in [1.807, 2.05) is 0 Å². The van der Waals surface area contributed by atoms with Crippen molar-refractivity contribution in [3.05, 3.63) is 0 Å². The highest BCUT2D eigenvalue weighted by atomic mass is 15.1. The molecule has 3 fully saturated rings. The molecule has 2 heteroatoms. The van der Waals surface area contributed by atoms with Gasteiger partial charge in [-0.1, -0.05) is 12.8 Å². The van der Waals surface area contributed by atoms with Crippen molar-refractivity contribution in [2.75, 3.05) is 33.2 Å². The van der Waals surface area contributed by atoms with Crippen molar-refractivity contribution >= 4 is 0 Å².